The fourth-order valence-electron chi connectivity index (χ4n) is 2.71. The third-order valence-corrected chi connectivity index (χ3v) is 3.82. The van der Waals surface area contributed by atoms with Crippen molar-refractivity contribution in [2.45, 2.75) is 18.9 Å². The first-order valence-electron chi connectivity index (χ1n) is 6.91. The number of benzene rings is 2. The van der Waals surface area contributed by atoms with Crippen LogP contribution in [0, 0.1) is 0 Å². The van der Waals surface area contributed by atoms with Gasteiger partial charge in [0, 0.05) is 6.04 Å². The molecule has 0 amide bonds. The summed E-state index contributed by atoms with van der Waals surface area (Å²) >= 11 is 0. The number of carbonyl (C=O) groups is 1. The van der Waals surface area contributed by atoms with E-state index in [1.807, 2.05) is 6.07 Å². The van der Waals surface area contributed by atoms with Crippen LogP contribution in [-0.4, -0.2) is 17.6 Å². The summed E-state index contributed by atoms with van der Waals surface area (Å²) in [6, 6.07) is 15.9. The average molecular weight is 267 g/mol. The van der Waals surface area contributed by atoms with Gasteiger partial charge in [-0.2, -0.15) is 0 Å². The smallest absolute Gasteiger partial charge is 0.335 e. The largest absolute Gasteiger partial charge is 0.478 e. The Hall–Kier alpha value is -2.13. The molecular weight excluding hydrogens is 250 g/mol. The van der Waals surface area contributed by atoms with Gasteiger partial charge in [0.2, 0.25) is 0 Å². The predicted molar refractivity (Wildman–Crippen MR) is 78.8 cm³/mol. The van der Waals surface area contributed by atoms with Crippen molar-refractivity contribution in [2.24, 2.45) is 0 Å². The predicted octanol–water partition coefficient (Wildman–Crippen LogP) is 3.48. The van der Waals surface area contributed by atoms with Crippen molar-refractivity contribution in [1.29, 1.82) is 0 Å². The van der Waals surface area contributed by atoms with Crippen molar-refractivity contribution < 1.29 is 9.90 Å². The van der Waals surface area contributed by atoms with Crippen LogP contribution in [0.15, 0.2) is 48.5 Å². The van der Waals surface area contributed by atoms with Crippen LogP contribution in [-0.2, 0) is 0 Å². The van der Waals surface area contributed by atoms with Crippen molar-refractivity contribution >= 4 is 5.97 Å². The van der Waals surface area contributed by atoms with Gasteiger partial charge in [-0.05, 0) is 48.2 Å². The van der Waals surface area contributed by atoms with E-state index < -0.39 is 5.97 Å². The van der Waals surface area contributed by atoms with E-state index in [2.05, 4.69) is 29.6 Å². The Morgan fingerprint density at radius 3 is 2.55 bits per heavy atom. The fraction of sp³-hybridized carbons (Fsp3) is 0.235. The molecule has 0 unspecified atom stereocenters. The molecule has 1 fully saturated rings. The summed E-state index contributed by atoms with van der Waals surface area (Å²) in [5.41, 5.74) is 3.62. The van der Waals surface area contributed by atoms with Crippen molar-refractivity contribution in [3.63, 3.8) is 0 Å². The summed E-state index contributed by atoms with van der Waals surface area (Å²) in [5.74, 6) is -0.890. The van der Waals surface area contributed by atoms with Gasteiger partial charge >= 0.3 is 5.97 Å². The van der Waals surface area contributed by atoms with Crippen molar-refractivity contribution in [2.75, 3.05) is 6.54 Å². The zero-order chi connectivity index (χ0) is 13.9. The Balaban J connectivity index is 1.87. The molecule has 0 aliphatic carbocycles. The molecule has 0 bridgehead atoms. The molecule has 20 heavy (non-hydrogen) atoms. The lowest BCUT2D eigenvalue weighted by Crippen LogP contribution is -2.12. The van der Waals surface area contributed by atoms with Gasteiger partial charge in [-0.25, -0.2) is 4.79 Å². The highest BCUT2D eigenvalue weighted by molar-refractivity contribution is 5.89. The van der Waals surface area contributed by atoms with Crippen LogP contribution in [0.2, 0.25) is 0 Å². The lowest BCUT2D eigenvalue weighted by Gasteiger charge is -2.11. The molecule has 0 spiro atoms. The quantitative estimate of drug-likeness (QED) is 0.895. The second-order valence-electron chi connectivity index (χ2n) is 5.16. The van der Waals surface area contributed by atoms with Crippen LogP contribution in [0.1, 0.15) is 34.8 Å². The zero-order valence-corrected chi connectivity index (χ0v) is 11.2. The molecular formula is C17H17NO2. The summed E-state index contributed by atoms with van der Waals surface area (Å²) in [7, 11) is 0. The molecule has 1 atom stereocenters. The summed E-state index contributed by atoms with van der Waals surface area (Å²) < 4.78 is 0. The standard InChI is InChI=1S/C17H17NO2/c19-17(20)15-4-1-3-14(11-15)12-6-8-13(9-7-12)16-5-2-10-18-16/h1,3-4,6-9,11,16,18H,2,5,10H2,(H,19,20)/t16-/m0/s1. The minimum Gasteiger partial charge on any atom is -0.478 e. The summed E-state index contributed by atoms with van der Waals surface area (Å²) in [6.45, 7) is 1.09. The number of hydrogen-bond donors (Lipinski definition) is 2. The van der Waals surface area contributed by atoms with Gasteiger partial charge in [0.25, 0.3) is 0 Å². The van der Waals surface area contributed by atoms with Gasteiger partial charge in [0.05, 0.1) is 5.56 Å². The van der Waals surface area contributed by atoms with Gasteiger partial charge in [-0.15, -0.1) is 0 Å². The highest BCUT2D eigenvalue weighted by Crippen LogP contribution is 2.26. The van der Waals surface area contributed by atoms with Gasteiger partial charge in [0.1, 0.15) is 0 Å². The molecule has 3 nitrogen and oxygen atoms in total. The number of carboxylic acids is 1. The van der Waals surface area contributed by atoms with Crippen molar-refractivity contribution in [1.82, 2.24) is 5.32 Å². The highest BCUT2D eigenvalue weighted by Gasteiger charge is 2.15. The van der Waals surface area contributed by atoms with Crippen molar-refractivity contribution in [3.8, 4) is 11.1 Å². The van der Waals surface area contributed by atoms with Gasteiger partial charge in [-0.3, -0.25) is 0 Å². The van der Waals surface area contributed by atoms with Crippen LogP contribution >= 0.6 is 0 Å². The zero-order valence-electron chi connectivity index (χ0n) is 11.2. The summed E-state index contributed by atoms with van der Waals surface area (Å²) in [6.07, 6.45) is 2.42. The number of rotatable bonds is 3. The Labute approximate surface area is 118 Å². The number of nitrogens with one attached hydrogen (secondary N) is 1. The van der Waals surface area contributed by atoms with E-state index in [4.69, 9.17) is 5.11 Å². The van der Waals surface area contributed by atoms with E-state index in [0.717, 1.165) is 17.7 Å². The first-order chi connectivity index (χ1) is 9.74. The van der Waals surface area contributed by atoms with Gasteiger partial charge in [0.15, 0.2) is 0 Å². The summed E-state index contributed by atoms with van der Waals surface area (Å²) in [5, 5.41) is 12.5. The molecule has 3 rings (SSSR count). The Kier molecular flexibility index (Phi) is 3.52. The van der Waals surface area contributed by atoms with Gasteiger partial charge in [-0.1, -0.05) is 36.4 Å². The minimum absolute atomic E-state index is 0.323. The maximum Gasteiger partial charge on any atom is 0.335 e. The summed E-state index contributed by atoms with van der Waals surface area (Å²) in [4.78, 5) is 11.0. The van der Waals surface area contributed by atoms with Crippen LogP contribution in [0.4, 0.5) is 0 Å². The molecule has 2 aromatic rings. The third-order valence-electron chi connectivity index (χ3n) is 3.82. The molecule has 0 saturated carbocycles. The van der Waals surface area contributed by atoms with Crippen LogP contribution < -0.4 is 5.32 Å². The lowest BCUT2D eigenvalue weighted by atomic mass is 9.99. The maximum atomic E-state index is 11.0. The normalized spacial score (nSPS) is 18.1. The maximum absolute atomic E-state index is 11.0. The fourth-order valence-corrected chi connectivity index (χ4v) is 2.71. The Morgan fingerprint density at radius 2 is 1.90 bits per heavy atom. The monoisotopic (exact) mass is 267 g/mol. The van der Waals surface area contributed by atoms with E-state index >= 15 is 0 Å². The molecule has 0 aromatic heterocycles. The number of hydrogen-bond acceptors (Lipinski definition) is 2. The first-order valence-corrected chi connectivity index (χ1v) is 6.91. The highest BCUT2D eigenvalue weighted by atomic mass is 16.4. The number of carboxylic acid groups (broad SMARTS) is 1. The van der Waals surface area contributed by atoms with Crippen LogP contribution in [0.3, 0.4) is 0 Å². The van der Waals surface area contributed by atoms with Crippen LogP contribution in [0.5, 0.6) is 0 Å². The molecule has 3 heteroatoms. The van der Waals surface area contributed by atoms with Crippen molar-refractivity contribution in [3.05, 3.63) is 59.7 Å². The second-order valence-corrected chi connectivity index (χ2v) is 5.16. The molecule has 0 radical (unpaired) electrons. The third kappa shape index (κ3) is 2.58. The Morgan fingerprint density at radius 1 is 1.10 bits per heavy atom. The second kappa shape index (κ2) is 5.47. The average Bonchev–Trinajstić information content (AvgIpc) is 3.02. The van der Waals surface area contributed by atoms with E-state index in [9.17, 15) is 4.79 Å². The molecule has 102 valence electrons. The van der Waals surface area contributed by atoms with E-state index in [0.29, 0.717) is 11.6 Å². The topological polar surface area (TPSA) is 49.3 Å². The molecule has 1 heterocycles. The van der Waals surface area contributed by atoms with E-state index in [1.165, 1.54) is 18.4 Å². The number of aromatic carboxylic acids is 1. The Bertz CT molecular complexity index is 613. The minimum atomic E-state index is -0.890. The molecule has 1 aliphatic heterocycles. The molecule has 1 saturated heterocycles. The molecule has 2 N–H and O–H groups in total. The van der Waals surface area contributed by atoms with Gasteiger partial charge < -0.3 is 10.4 Å². The lowest BCUT2D eigenvalue weighted by molar-refractivity contribution is 0.0697. The molecule has 1 aliphatic rings. The van der Waals surface area contributed by atoms with Crippen LogP contribution in [0.25, 0.3) is 11.1 Å². The van der Waals surface area contributed by atoms with E-state index in [1.54, 1.807) is 18.2 Å². The SMILES string of the molecule is O=C(O)c1cccc(-c2ccc([C@@H]3CCCN3)cc2)c1. The first kappa shape index (κ1) is 12.9. The molecule has 2 aromatic carbocycles. The van der Waals surface area contributed by atoms with E-state index in [-0.39, 0.29) is 0 Å².